The van der Waals surface area contributed by atoms with Crippen LogP contribution < -0.4 is 4.74 Å². The zero-order chi connectivity index (χ0) is 11.3. The molecule has 88 valence electrons. The number of ether oxygens (including phenoxy) is 2. The van der Waals surface area contributed by atoms with E-state index < -0.39 is 0 Å². The first-order chi connectivity index (χ1) is 8.33. The predicted octanol–water partition coefficient (Wildman–Crippen LogP) is 1.29. The molecule has 0 unspecified atom stereocenters. The van der Waals surface area contributed by atoms with Gasteiger partial charge in [0.05, 0.1) is 19.3 Å². The molecule has 0 atom stereocenters. The molecule has 1 saturated carbocycles. The minimum atomic E-state index is 0.282. The Kier molecular flexibility index (Phi) is 1.77. The third-order valence-electron chi connectivity index (χ3n) is 3.76. The van der Waals surface area contributed by atoms with Crippen molar-refractivity contribution in [3.05, 3.63) is 24.7 Å². The summed E-state index contributed by atoms with van der Waals surface area (Å²) >= 11 is 0. The minimum absolute atomic E-state index is 0.282. The van der Waals surface area contributed by atoms with E-state index in [0.717, 1.165) is 37.5 Å². The zero-order valence-corrected chi connectivity index (χ0v) is 9.37. The molecule has 3 fully saturated rings. The van der Waals surface area contributed by atoms with Crippen molar-refractivity contribution in [3.63, 3.8) is 0 Å². The van der Waals surface area contributed by atoms with E-state index in [1.807, 2.05) is 22.7 Å². The lowest BCUT2D eigenvalue weighted by Crippen LogP contribution is -2.38. The fraction of sp³-hybridized carbons (Fsp3) is 0.500. The van der Waals surface area contributed by atoms with Crippen molar-refractivity contribution in [2.24, 2.45) is 5.41 Å². The molecule has 5 nitrogen and oxygen atoms in total. The van der Waals surface area contributed by atoms with E-state index in [-0.39, 0.29) is 5.41 Å². The molecule has 0 aromatic carbocycles. The molecular formula is C12H13N3O2. The third kappa shape index (κ3) is 1.42. The van der Waals surface area contributed by atoms with Gasteiger partial charge < -0.3 is 9.47 Å². The predicted molar refractivity (Wildman–Crippen MR) is 59.9 cm³/mol. The maximum Gasteiger partial charge on any atom is 0.164 e. The van der Waals surface area contributed by atoms with Crippen molar-refractivity contribution < 1.29 is 9.47 Å². The summed E-state index contributed by atoms with van der Waals surface area (Å²) in [5.41, 5.74) is 1.10. The highest BCUT2D eigenvalue weighted by Gasteiger charge is 2.52. The van der Waals surface area contributed by atoms with Gasteiger partial charge in [0, 0.05) is 17.7 Å². The van der Waals surface area contributed by atoms with Crippen LogP contribution in [0.2, 0.25) is 0 Å². The van der Waals surface area contributed by atoms with Gasteiger partial charge in [0.1, 0.15) is 12.1 Å². The number of nitrogens with zero attached hydrogens (tertiary/aromatic N) is 3. The van der Waals surface area contributed by atoms with E-state index in [2.05, 4.69) is 10.2 Å². The molecule has 2 aromatic rings. The second kappa shape index (κ2) is 3.20. The van der Waals surface area contributed by atoms with Crippen molar-refractivity contribution in [1.82, 2.24) is 14.6 Å². The quantitative estimate of drug-likeness (QED) is 0.798. The van der Waals surface area contributed by atoms with Crippen LogP contribution in [0.1, 0.15) is 12.8 Å². The van der Waals surface area contributed by atoms with E-state index in [9.17, 15) is 0 Å². The topological polar surface area (TPSA) is 48.7 Å². The molecule has 2 aliphatic heterocycles. The smallest absolute Gasteiger partial charge is 0.164 e. The number of hydrogen-bond acceptors (Lipinski definition) is 4. The van der Waals surface area contributed by atoms with E-state index in [1.165, 1.54) is 0 Å². The van der Waals surface area contributed by atoms with Crippen LogP contribution in [0.3, 0.4) is 0 Å². The number of rotatable bonds is 3. The maximum absolute atomic E-state index is 5.85. The highest BCUT2D eigenvalue weighted by atomic mass is 16.5. The molecule has 0 N–H and O–H groups in total. The van der Waals surface area contributed by atoms with Crippen molar-refractivity contribution >= 4 is 5.65 Å². The summed E-state index contributed by atoms with van der Waals surface area (Å²) < 4.78 is 13.3. The van der Waals surface area contributed by atoms with Gasteiger partial charge in [-0.15, -0.1) is 10.2 Å². The summed E-state index contributed by atoms with van der Waals surface area (Å²) in [4.78, 5) is 0. The van der Waals surface area contributed by atoms with Gasteiger partial charge >= 0.3 is 0 Å². The molecule has 5 heteroatoms. The van der Waals surface area contributed by atoms with Gasteiger partial charge in [-0.05, 0) is 18.9 Å². The Hall–Kier alpha value is -1.62. The molecule has 0 radical (unpaired) electrons. The highest BCUT2D eigenvalue weighted by Crippen LogP contribution is 2.50. The molecule has 2 saturated heterocycles. The fourth-order valence-electron chi connectivity index (χ4n) is 2.72. The number of pyridine rings is 1. The first-order valence-corrected chi connectivity index (χ1v) is 5.87. The van der Waals surface area contributed by atoms with Crippen LogP contribution in [0, 0.1) is 5.41 Å². The van der Waals surface area contributed by atoms with Gasteiger partial charge in [-0.2, -0.15) is 0 Å². The normalized spacial score (nSPS) is 30.5. The number of fused-ring (bicyclic) bond motifs is 2. The van der Waals surface area contributed by atoms with E-state index in [1.54, 1.807) is 6.33 Å². The minimum Gasteiger partial charge on any atom is -0.493 e. The largest absolute Gasteiger partial charge is 0.493 e. The lowest BCUT2D eigenvalue weighted by molar-refractivity contribution is 0.0822. The molecule has 0 amide bonds. The summed E-state index contributed by atoms with van der Waals surface area (Å²) in [6, 6.07) is 3.86. The SMILES string of the molecule is c1cn2cnnc2cc1OCC12COC(C1)C2. The summed E-state index contributed by atoms with van der Waals surface area (Å²) in [6.07, 6.45) is 6.40. The van der Waals surface area contributed by atoms with Crippen LogP contribution in [0.4, 0.5) is 0 Å². The van der Waals surface area contributed by atoms with Crippen LogP contribution in [-0.2, 0) is 4.74 Å². The van der Waals surface area contributed by atoms with Crippen LogP contribution in [-0.4, -0.2) is 33.9 Å². The molecular weight excluding hydrogens is 218 g/mol. The second-order valence-electron chi connectivity index (χ2n) is 5.09. The standard InChI is InChI=1S/C12H13N3O2/c1-2-15-8-13-14-11(15)3-9(1)16-6-12-4-10(5-12)17-7-12/h1-3,8,10H,4-7H2. The van der Waals surface area contributed by atoms with Crippen molar-refractivity contribution in [2.75, 3.05) is 13.2 Å². The van der Waals surface area contributed by atoms with E-state index in [0.29, 0.717) is 6.10 Å². The Labute approximate surface area is 98.4 Å². The van der Waals surface area contributed by atoms with Gasteiger partial charge in [0.15, 0.2) is 5.65 Å². The highest BCUT2D eigenvalue weighted by molar-refractivity contribution is 5.42. The lowest BCUT2D eigenvalue weighted by Gasteiger charge is -2.34. The van der Waals surface area contributed by atoms with Gasteiger partial charge in [-0.25, -0.2) is 0 Å². The molecule has 3 aliphatic rings. The Balaban J connectivity index is 1.51. The fourth-order valence-corrected chi connectivity index (χ4v) is 2.72. The molecule has 4 heterocycles. The molecule has 0 spiro atoms. The van der Waals surface area contributed by atoms with Crippen LogP contribution in [0.25, 0.3) is 5.65 Å². The average molecular weight is 231 g/mol. The monoisotopic (exact) mass is 231 g/mol. The third-order valence-corrected chi connectivity index (χ3v) is 3.76. The van der Waals surface area contributed by atoms with Gasteiger partial charge in [-0.3, -0.25) is 4.40 Å². The Morgan fingerprint density at radius 3 is 3.29 bits per heavy atom. The summed E-state index contributed by atoms with van der Waals surface area (Å²) in [7, 11) is 0. The van der Waals surface area contributed by atoms with E-state index in [4.69, 9.17) is 9.47 Å². The van der Waals surface area contributed by atoms with Crippen molar-refractivity contribution in [3.8, 4) is 5.75 Å². The van der Waals surface area contributed by atoms with Crippen LogP contribution >= 0.6 is 0 Å². The zero-order valence-electron chi connectivity index (χ0n) is 9.37. The molecule has 17 heavy (non-hydrogen) atoms. The van der Waals surface area contributed by atoms with E-state index >= 15 is 0 Å². The molecule has 5 rings (SSSR count). The maximum atomic E-state index is 5.85. The van der Waals surface area contributed by atoms with Crippen LogP contribution in [0.15, 0.2) is 24.7 Å². The van der Waals surface area contributed by atoms with Crippen molar-refractivity contribution in [1.29, 1.82) is 0 Å². The Morgan fingerprint density at radius 1 is 1.53 bits per heavy atom. The first-order valence-electron chi connectivity index (χ1n) is 5.87. The van der Waals surface area contributed by atoms with Crippen LogP contribution in [0.5, 0.6) is 5.75 Å². The molecule has 2 bridgehead atoms. The lowest BCUT2D eigenvalue weighted by atomic mass is 9.71. The Morgan fingerprint density at radius 2 is 2.47 bits per heavy atom. The summed E-state index contributed by atoms with van der Waals surface area (Å²) in [5.74, 6) is 0.857. The van der Waals surface area contributed by atoms with Crippen molar-refractivity contribution in [2.45, 2.75) is 18.9 Å². The summed E-state index contributed by atoms with van der Waals surface area (Å²) in [6.45, 7) is 1.60. The Bertz CT molecular complexity index is 554. The number of hydrogen-bond donors (Lipinski definition) is 0. The van der Waals surface area contributed by atoms with Gasteiger partial charge in [0.25, 0.3) is 0 Å². The molecule has 2 aromatic heterocycles. The number of aromatic nitrogens is 3. The van der Waals surface area contributed by atoms with Gasteiger partial charge in [-0.1, -0.05) is 0 Å². The summed E-state index contributed by atoms with van der Waals surface area (Å²) in [5, 5.41) is 7.83. The van der Waals surface area contributed by atoms with Gasteiger partial charge in [0.2, 0.25) is 0 Å². The second-order valence-corrected chi connectivity index (χ2v) is 5.09. The molecule has 1 aliphatic carbocycles. The average Bonchev–Trinajstić information content (AvgIpc) is 3.00. The first kappa shape index (κ1) is 9.41.